The predicted octanol–water partition coefficient (Wildman–Crippen LogP) is 3.27. The van der Waals surface area contributed by atoms with E-state index in [1.54, 1.807) is 24.3 Å². The van der Waals surface area contributed by atoms with Crippen molar-refractivity contribution in [1.82, 2.24) is 0 Å². The highest BCUT2D eigenvalue weighted by molar-refractivity contribution is 5.42. The molecule has 2 aromatic carbocycles. The number of nitrogens with zero attached hydrogens (tertiary/aromatic N) is 1. The SMILES string of the molecule is N#Cc1ccccc1OC[C@@H](O)c1ccc(OC(F)F)cc1. The maximum Gasteiger partial charge on any atom is 0.387 e. The van der Waals surface area contributed by atoms with Crippen LogP contribution in [0.2, 0.25) is 0 Å². The number of para-hydroxylation sites is 1. The topological polar surface area (TPSA) is 62.5 Å². The molecule has 0 radical (unpaired) electrons. The Morgan fingerprint density at radius 2 is 1.77 bits per heavy atom. The van der Waals surface area contributed by atoms with Crippen LogP contribution in [0, 0.1) is 11.3 Å². The second-order valence-electron chi connectivity index (χ2n) is 4.38. The number of aliphatic hydroxyl groups is 1. The summed E-state index contributed by atoms with van der Waals surface area (Å²) in [6, 6.07) is 14.3. The van der Waals surface area contributed by atoms with E-state index in [4.69, 9.17) is 10.00 Å². The van der Waals surface area contributed by atoms with Gasteiger partial charge in [0.1, 0.15) is 30.3 Å². The van der Waals surface area contributed by atoms with Gasteiger partial charge in [-0.05, 0) is 29.8 Å². The molecule has 0 bridgehead atoms. The van der Waals surface area contributed by atoms with Crippen molar-refractivity contribution >= 4 is 0 Å². The van der Waals surface area contributed by atoms with Crippen LogP contribution in [-0.2, 0) is 0 Å². The third kappa shape index (κ3) is 4.17. The molecule has 0 spiro atoms. The average Bonchev–Trinajstić information content (AvgIpc) is 2.53. The molecule has 0 aromatic heterocycles. The van der Waals surface area contributed by atoms with Crippen molar-refractivity contribution in [2.24, 2.45) is 0 Å². The van der Waals surface area contributed by atoms with Gasteiger partial charge < -0.3 is 14.6 Å². The Labute approximate surface area is 126 Å². The molecule has 4 nitrogen and oxygen atoms in total. The lowest BCUT2D eigenvalue weighted by atomic mass is 10.1. The van der Waals surface area contributed by atoms with Crippen molar-refractivity contribution in [3.63, 3.8) is 0 Å². The Bertz CT molecular complexity index is 653. The van der Waals surface area contributed by atoms with Crippen molar-refractivity contribution in [2.75, 3.05) is 6.61 Å². The summed E-state index contributed by atoms with van der Waals surface area (Å²) >= 11 is 0. The van der Waals surface area contributed by atoms with Gasteiger partial charge in [0.25, 0.3) is 0 Å². The molecule has 2 aromatic rings. The number of nitriles is 1. The van der Waals surface area contributed by atoms with Crippen molar-refractivity contribution in [2.45, 2.75) is 12.7 Å². The Hall–Kier alpha value is -2.65. The van der Waals surface area contributed by atoms with E-state index in [9.17, 15) is 13.9 Å². The lowest BCUT2D eigenvalue weighted by molar-refractivity contribution is -0.0498. The van der Waals surface area contributed by atoms with Gasteiger partial charge in [0.2, 0.25) is 0 Å². The fraction of sp³-hybridized carbons (Fsp3) is 0.188. The van der Waals surface area contributed by atoms with Crippen LogP contribution >= 0.6 is 0 Å². The third-order valence-electron chi connectivity index (χ3n) is 2.89. The Kier molecular flexibility index (Phi) is 5.28. The van der Waals surface area contributed by atoms with Crippen molar-refractivity contribution < 1.29 is 23.4 Å². The van der Waals surface area contributed by atoms with Gasteiger partial charge in [0, 0.05) is 0 Å². The first-order valence-electron chi connectivity index (χ1n) is 6.45. The number of ether oxygens (including phenoxy) is 2. The fourth-order valence-electron chi connectivity index (χ4n) is 1.82. The molecule has 6 heteroatoms. The number of aliphatic hydroxyl groups excluding tert-OH is 1. The van der Waals surface area contributed by atoms with Crippen LogP contribution in [-0.4, -0.2) is 18.3 Å². The normalized spacial score (nSPS) is 11.8. The highest BCUT2D eigenvalue weighted by atomic mass is 19.3. The molecule has 0 aliphatic rings. The van der Waals surface area contributed by atoms with E-state index >= 15 is 0 Å². The van der Waals surface area contributed by atoms with Gasteiger partial charge in [-0.2, -0.15) is 14.0 Å². The van der Waals surface area contributed by atoms with Crippen LogP contribution in [0.25, 0.3) is 0 Å². The van der Waals surface area contributed by atoms with Gasteiger partial charge in [-0.3, -0.25) is 0 Å². The monoisotopic (exact) mass is 305 g/mol. The zero-order valence-electron chi connectivity index (χ0n) is 11.4. The zero-order chi connectivity index (χ0) is 15.9. The molecule has 0 heterocycles. The molecule has 1 N–H and O–H groups in total. The van der Waals surface area contributed by atoms with Crippen LogP contribution in [0.1, 0.15) is 17.2 Å². The second-order valence-corrected chi connectivity index (χ2v) is 4.38. The highest BCUT2D eigenvalue weighted by Crippen LogP contribution is 2.22. The number of halogens is 2. The molecule has 2 rings (SSSR count). The first-order chi connectivity index (χ1) is 10.6. The van der Waals surface area contributed by atoms with E-state index in [0.717, 1.165) is 0 Å². The van der Waals surface area contributed by atoms with Crippen molar-refractivity contribution in [3.8, 4) is 17.6 Å². The fourth-order valence-corrected chi connectivity index (χ4v) is 1.82. The summed E-state index contributed by atoms with van der Waals surface area (Å²) in [6.07, 6.45) is -0.952. The molecule has 0 amide bonds. The molecule has 1 atom stereocenters. The summed E-state index contributed by atoms with van der Waals surface area (Å²) in [5, 5.41) is 19.0. The minimum absolute atomic E-state index is 0.0155. The van der Waals surface area contributed by atoms with Gasteiger partial charge in [0.05, 0.1) is 5.56 Å². The number of hydrogen-bond donors (Lipinski definition) is 1. The summed E-state index contributed by atoms with van der Waals surface area (Å²) in [4.78, 5) is 0. The van der Waals surface area contributed by atoms with Gasteiger partial charge in [-0.25, -0.2) is 0 Å². The number of benzene rings is 2. The predicted molar refractivity (Wildman–Crippen MR) is 74.7 cm³/mol. The van der Waals surface area contributed by atoms with E-state index < -0.39 is 12.7 Å². The minimum atomic E-state index is -2.89. The van der Waals surface area contributed by atoms with Crippen LogP contribution in [0.3, 0.4) is 0 Å². The lowest BCUT2D eigenvalue weighted by Gasteiger charge is -2.14. The molecule has 0 saturated carbocycles. The van der Waals surface area contributed by atoms with Gasteiger partial charge >= 0.3 is 6.61 Å². The Morgan fingerprint density at radius 3 is 2.41 bits per heavy atom. The molecular formula is C16H13F2NO3. The maximum absolute atomic E-state index is 12.0. The standard InChI is InChI=1S/C16H13F2NO3/c17-16(18)22-13-7-5-11(6-8-13)14(20)10-21-15-4-2-1-3-12(15)9-19/h1-8,14,16,20H,10H2/t14-/m1/s1. The Morgan fingerprint density at radius 1 is 1.09 bits per heavy atom. The Balaban J connectivity index is 1.97. The van der Waals surface area contributed by atoms with E-state index in [0.29, 0.717) is 16.9 Å². The number of hydrogen-bond acceptors (Lipinski definition) is 4. The summed E-state index contributed by atoms with van der Waals surface area (Å²) in [6.45, 7) is -2.95. The zero-order valence-corrected chi connectivity index (χ0v) is 11.4. The van der Waals surface area contributed by atoms with Crippen LogP contribution in [0.5, 0.6) is 11.5 Å². The molecule has 0 unspecified atom stereocenters. The van der Waals surface area contributed by atoms with E-state index in [2.05, 4.69) is 4.74 Å². The quantitative estimate of drug-likeness (QED) is 0.889. The number of rotatable bonds is 6. The highest BCUT2D eigenvalue weighted by Gasteiger charge is 2.11. The van der Waals surface area contributed by atoms with E-state index in [1.807, 2.05) is 6.07 Å². The molecule has 0 saturated heterocycles. The van der Waals surface area contributed by atoms with Gasteiger partial charge in [-0.15, -0.1) is 0 Å². The average molecular weight is 305 g/mol. The molecular weight excluding hydrogens is 292 g/mol. The minimum Gasteiger partial charge on any atom is -0.489 e. The van der Waals surface area contributed by atoms with Crippen LogP contribution < -0.4 is 9.47 Å². The van der Waals surface area contributed by atoms with Gasteiger partial charge in [0.15, 0.2) is 0 Å². The van der Waals surface area contributed by atoms with Crippen molar-refractivity contribution in [3.05, 3.63) is 59.7 Å². The summed E-state index contributed by atoms with van der Waals surface area (Å²) < 4.78 is 33.7. The number of alkyl halides is 2. The van der Waals surface area contributed by atoms with E-state index in [1.165, 1.54) is 24.3 Å². The first kappa shape index (κ1) is 15.7. The lowest BCUT2D eigenvalue weighted by Crippen LogP contribution is -2.10. The largest absolute Gasteiger partial charge is 0.489 e. The van der Waals surface area contributed by atoms with Gasteiger partial charge in [-0.1, -0.05) is 24.3 Å². The van der Waals surface area contributed by atoms with Crippen LogP contribution in [0.4, 0.5) is 8.78 Å². The smallest absolute Gasteiger partial charge is 0.387 e. The summed E-state index contributed by atoms with van der Waals surface area (Å²) in [5.41, 5.74) is 0.867. The summed E-state index contributed by atoms with van der Waals surface area (Å²) in [7, 11) is 0. The van der Waals surface area contributed by atoms with E-state index in [-0.39, 0.29) is 12.4 Å². The second kappa shape index (κ2) is 7.38. The summed E-state index contributed by atoms with van der Waals surface area (Å²) in [5.74, 6) is 0.392. The molecule has 0 fully saturated rings. The van der Waals surface area contributed by atoms with Crippen molar-refractivity contribution in [1.29, 1.82) is 5.26 Å². The molecule has 0 aliphatic carbocycles. The molecule has 0 aliphatic heterocycles. The molecule has 114 valence electrons. The maximum atomic E-state index is 12.0. The first-order valence-corrected chi connectivity index (χ1v) is 6.45. The molecule has 22 heavy (non-hydrogen) atoms. The van der Waals surface area contributed by atoms with Crippen LogP contribution in [0.15, 0.2) is 48.5 Å². The third-order valence-corrected chi connectivity index (χ3v) is 2.89.